The van der Waals surface area contributed by atoms with Gasteiger partial charge in [-0.1, -0.05) is 48.5 Å². The van der Waals surface area contributed by atoms with E-state index < -0.39 is 11.2 Å². The van der Waals surface area contributed by atoms with Crippen molar-refractivity contribution in [1.29, 1.82) is 0 Å². The van der Waals surface area contributed by atoms with Crippen LogP contribution >= 0.6 is 0 Å². The molecule has 1 amide bonds. The molecule has 1 aromatic heterocycles. The molecule has 2 heterocycles. The number of carbonyl (C=O) groups excluding carboxylic acids is 1. The summed E-state index contributed by atoms with van der Waals surface area (Å²) in [7, 11) is 0. The van der Waals surface area contributed by atoms with E-state index in [1.54, 1.807) is 6.92 Å². The maximum absolute atomic E-state index is 13.3. The molecule has 0 fully saturated rings. The molecule has 0 saturated carbocycles. The number of para-hydroxylation sites is 1. The molecule has 1 atom stereocenters. The number of rotatable bonds is 6. The van der Waals surface area contributed by atoms with E-state index in [4.69, 9.17) is 5.73 Å². The van der Waals surface area contributed by atoms with Gasteiger partial charge in [0.05, 0.1) is 13.1 Å². The average Bonchev–Trinajstić information content (AvgIpc) is 3.09. The SMILES string of the molecule is CCN(C(=O)CN1c2ccccc2C[C@@H]1C)c1c(N)n(Cc2ccccc2)c(=O)[nH]c1=O. The monoisotopic (exact) mass is 433 g/mol. The summed E-state index contributed by atoms with van der Waals surface area (Å²) < 4.78 is 1.29. The van der Waals surface area contributed by atoms with E-state index >= 15 is 0 Å². The molecular formula is C24H27N5O3. The highest BCUT2D eigenvalue weighted by Crippen LogP contribution is 2.31. The molecule has 3 aromatic rings. The number of benzene rings is 2. The van der Waals surface area contributed by atoms with Crippen LogP contribution in [0.5, 0.6) is 0 Å². The van der Waals surface area contributed by atoms with Gasteiger partial charge >= 0.3 is 5.69 Å². The Morgan fingerprint density at radius 1 is 1.12 bits per heavy atom. The number of hydrogen-bond donors (Lipinski definition) is 2. The lowest BCUT2D eigenvalue weighted by Crippen LogP contribution is -2.46. The van der Waals surface area contributed by atoms with E-state index in [9.17, 15) is 14.4 Å². The molecular weight excluding hydrogens is 406 g/mol. The van der Waals surface area contributed by atoms with E-state index in [0.29, 0.717) is 0 Å². The van der Waals surface area contributed by atoms with Crippen LogP contribution in [0.25, 0.3) is 0 Å². The predicted molar refractivity (Wildman–Crippen MR) is 126 cm³/mol. The van der Waals surface area contributed by atoms with Gasteiger partial charge in [0.25, 0.3) is 5.56 Å². The van der Waals surface area contributed by atoms with Crippen LogP contribution in [-0.4, -0.2) is 34.6 Å². The van der Waals surface area contributed by atoms with Gasteiger partial charge in [0.2, 0.25) is 5.91 Å². The number of aromatic nitrogens is 2. The lowest BCUT2D eigenvalue weighted by molar-refractivity contribution is -0.117. The van der Waals surface area contributed by atoms with Crippen LogP contribution in [0.3, 0.4) is 0 Å². The van der Waals surface area contributed by atoms with Crippen LogP contribution in [0.1, 0.15) is 25.0 Å². The minimum atomic E-state index is -0.665. The van der Waals surface area contributed by atoms with Gasteiger partial charge in [-0.2, -0.15) is 0 Å². The number of hydrogen-bond acceptors (Lipinski definition) is 5. The molecule has 1 aliphatic heterocycles. The summed E-state index contributed by atoms with van der Waals surface area (Å²) in [6.07, 6.45) is 0.861. The number of carbonyl (C=O) groups is 1. The number of H-pyrrole nitrogens is 1. The first-order valence-corrected chi connectivity index (χ1v) is 10.7. The standard InChI is InChI=1S/C24H27N5O3/c1-3-27(20(30)15-28-16(2)13-18-11-7-8-12-19(18)28)21-22(25)29(24(32)26-23(21)31)14-17-9-5-4-6-10-17/h4-12,16H,3,13-15,25H2,1-2H3,(H,26,31,32)/t16-/m0/s1. The van der Waals surface area contributed by atoms with E-state index in [-0.39, 0.29) is 43.1 Å². The van der Waals surface area contributed by atoms with E-state index in [1.807, 2.05) is 53.4 Å². The lowest BCUT2D eigenvalue weighted by Gasteiger charge is -2.29. The fourth-order valence-electron chi connectivity index (χ4n) is 4.32. The second-order valence-corrected chi connectivity index (χ2v) is 8.01. The van der Waals surface area contributed by atoms with Crippen LogP contribution in [-0.2, 0) is 17.8 Å². The van der Waals surface area contributed by atoms with Gasteiger partial charge in [0.15, 0.2) is 5.69 Å². The first-order valence-electron chi connectivity index (χ1n) is 10.7. The second-order valence-electron chi connectivity index (χ2n) is 8.01. The van der Waals surface area contributed by atoms with Crippen molar-refractivity contribution in [3.05, 3.63) is 86.6 Å². The van der Waals surface area contributed by atoms with Crippen LogP contribution < -0.4 is 26.8 Å². The van der Waals surface area contributed by atoms with Crippen LogP contribution in [0.2, 0.25) is 0 Å². The van der Waals surface area contributed by atoms with E-state index in [0.717, 1.165) is 17.7 Å². The van der Waals surface area contributed by atoms with Gasteiger partial charge in [-0.15, -0.1) is 0 Å². The molecule has 8 nitrogen and oxygen atoms in total. The summed E-state index contributed by atoms with van der Waals surface area (Å²) in [5.41, 5.74) is 8.12. The van der Waals surface area contributed by atoms with Crippen LogP contribution in [0.4, 0.5) is 17.2 Å². The van der Waals surface area contributed by atoms with Crippen LogP contribution in [0.15, 0.2) is 64.2 Å². The number of fused-ring (bicyclic) bond motifs is 1. The summed E-state index contributed by atoms with van der Waals surface area (Å²) in [6, 6.07) is 17.5. The smallest absolute Gasteiger partial charge is 0.330 e. The summed E-state index contributed by atoms with van der Waals surface area (Å²) in [6.45, 7) is 4.41. The highest BCUT2D eigenvalue weighted by atomic mass is 16.2. The van der Waals surface area contributed by atoms with Gasteiger partial charge in [-0.3, -0.25) is 19.1 Å². The number of nitrogens with one attached hydrogen (secondary N) is 1. The Bertz CT molecular complexity index is 1250. The topological polar surface area (TPSA) is 104 Å². The molecule has 166 valence electrons. The van der Waals surface area contributed by atoms with Gasteiger partial charge in [-0.05, 0) is 37.5 Å². The minimum absolute atomic E-state index is 0.00756. The Morgan fingerprint density at radius 3 is 2.53 bits per heavy atom. The number of nitrogen functional groups attached to an aromatic ring is 1. The van der Waals surface area contributed by atoms with Gasteiger partial charge in [0.1, 0.15) is 5.82 Å². The molecule has 32 heavy (non-hydrogen) atoms. The minimum Gasteiger partial charge on any atom is -0.383 e. The van der Waals surface area contributed by atoms with Crippen molar-refractivity contribution in [2.75, 3.05) is 28.6 Å². The number of aromatic amines is 1. The number of amides is 1. The van der Waals surface area contributed by atoms with Crippen molar-refractivity contribution in [2.24, 2.45) is 0 Å². The van der Waals surface area contributed by atoms with Crippen molar-refractivity contribution in [3.63, 3.8) is 0 Å². The highest BCUT2D eigenvalue weighted by Gasteiger charge is 2.30. The highest BCUT2D eigenvalue weighted by molar-refractivity contribution is 5.98. The zero-order chi connectivity index (χ0) is 22.8. The second kappa shape index (κ2) is 8.74. The van der Waals surface area contributed by atoms with Crippen molar-refractivity contribution in [3.8, 4) is 0 Å². The summed E-state index contributed by atoms with van der Waals surface area (Å²) in [5, 5.41) is 0. The quantitative estimate of drug-likeness (QED) is 0.619. The van der Waals surface area contributed by atoms with Gasteiger partial charge in [0, 0.05) is 18.3 Å². The molecule has 0 aliphatic carbocycles. The Labute approximate surface area is 185 Å². The third-order valence-electron chi connectivity index (χ3n) is 5.94. The number of anilines is 3. The Morgan fingerprint density at radius 2 is 1.81 bits per heavy atom. The summed E-state index contributed by atoms with van der Waals surface area (Å²) in [4.78, 5) is 44.3. The number of nitrogens with zero attached hydrogens (tertiary/aromatic N) is 3. The number of likely N-dealkylation sites (N-methyl/N-ethyl adjacent to an activating group) is 1. The van der Waals surface area contributed by atoms with Crippen molar-refractivity contribution in [1.82, 2.24) is 9.55 Å². The van der Waals surface area contributed by atoms with E-state index in [2.05, 4.69) is 18.0 Å². The predicted octanol–water partition coefficient (Wildman–Crippen LogP) is 1.97. The third-order valence-corrected chi connectivity index (χ3v) is 5.94. The Kier molecular flexibility index (Phi) is 5.85. The first kappa shape index (κ1) is 21.4. The fraction of sp³-hybridized carbons (Fsp3) is 0.292. The van der Waals surface area contributed by atoms with Gasteiger partial charge in [-0.25, -0.2) is 4.79 Å². The van der Waals surface area contributed by atoms with E-state index in [1.165, 1.54) is 15.0 Å². The molecule has 0 bridgehead atoms. The molecule has 0 radical (unpaired) electrons. The molecule has 2 aromatic carbocycles. The van der Waals surface area contributed by atoms with Gasteiger partial charge < -0.3 is 15.5 Å². The Balaban J connectivity index is 1.67. The zero-order valence-electron chi connectivity index (χ0n) is 18.2. The molecule has 0 unspecified atom stereocenters. The fourth-order valence-corrected chi connectivity index (χ4v) is 4.32. The Hall–Kier alpha value is -3.81. The largest absolute Gasteiger partial charge is 0.383 e. The summed E-state index contributed by atoms with van der Waals surface area (Å²) >= 11 is 0. The summed E-state index contributed by atoms with van der Waals surface area (Å²) in [5.74, 6) is -0.272. The molecule has 4 rings (SSSR count). The zero-order valence-corrected chi connectivity index (χ0v) is 18.2. The normalized spacial score (nSPS) is 14.9. The van der Waals surface area contributed by atoms with Crippen molar-refractivity contribution < 1.29 is 4.79 Å². The third kappa shape index (κ3) is 3.91. The van der Waals surface area contributed by atoms with Crippen LogP contribution in [0, 0.1) is 0 Å². The maximum atomic E-state index is 13.3. The maximum Gasteiger partial charge on any atom is 0.330 e. The molecule has 0 saturated heterocycles. The average molecular weight is 434 g/mol. The van der Waals surface area contributed by atoms with Crippen molar-refractivity contribution >= 4 is 23.1 Å². The lowest BCUT2D eigenvalue weighted by atomic mass is 10.1. The van der Waals surface area contributed by atoms with Crippen molar-refractivity contribution in [2.45, 2.75) is 32.9 Å². The number of nitrogens with two attached hydrogens (primary N) is 1. The molecule has 0 spiro atoms. The molecule has 1 aliphatic rings. The molecule has 3 N–H and O–H groups in total. The molecule has 8 heteroatoms. The first-order chi connectivity index (χ1) is 15.4.